The van der Waals surface area contributed by atoms with E-state index in [9.17, 15) is 13.2 Å². The summed E-state index contributed by atoms with van der Waals surface area (Å²) in [5.41, 5.74) is 0.677. The van der Waals surface area contributed by atoms with E-state index >= 15 is 0 Å². The van der Waals surface area contributed by atoms with Crippen molar-refractivity contribution in [2.75, 3.05) is 0 Å². The van der Waals surface area contributed by atoms with Crippen LogP contribution in [0.4, 0.5) is 4.79 Å². The fourth-order valence-corrected chi connectivity index (χ4v) is 2.53. The Kier molecular flexibility index (Phi) is 6.83. The van der Waals surface area contributed by atoms with E-state index in [2.05, 4.69) is 24.5 Å². The van der Waals surface area contributed by atoms with E-state index in [1.807, 2.05) is 6.92 Å². The molecule has 2 amide bonds. The zero-order valence-electron chi connectivity index (χ0n) is 13.3. The Labute approximate surface area is 132 Å². The molecule has 1 atom stereocenters. The predicted octanol–water partition coefficient (Wildman–Crippen LogP) is 1.96. The maximum absolute atomic E-state index is 11.8. The fraction of sp³-hybridized carbons (Fsp3) is 0.533. The fourth-order valence-electron chi connectivity index (χ4n) is 1.95. The summed E-state index contributed by atoms with van der Waals surface area (Å²) in [6.45, 7) is 6.49. The van der Waals surface area contributed by atoms with Crippen molar-refractivity contribution < 1.29 is 13.2 Å². The van der Waals surface area contributed by atoms with Crippen LogP contribution in [0.1, 0.15) is 39.2 Å². The van der Waals surface area contributed by atoms with Crippen LogP contribution in [-0.4, -0.2) is 20.5 Å². The number of urea groups is 1. The van der Waals surface area contributed by atoms with Crippen molar-refractivity contribution in [1.82, 2.24) is 10.6 Å². The van der Waals surface area contributed by atoms with E-state index in [0.29, 0.717) is 11.5 Å². The van der Waals surface area contributed by atoms with Gasteiger partial charge in [-0.3, -0.25) is 0 Å². The number of benzene rings is 1. The topological polar surface area (TPSA) is 101 Å². The second-order valence-electron chi connectivity index (χ2n) is 5.89. The van der Waals surface area contributed by atoms with Gasteiger partial charge in [-0.1, -0.05) is 26.0 Å². The summed E-state index contributed by atoms with van der Waals surface area (Å²) >= 11 is 0. The Hall–Kier alpha value is -1.60. The summed E-state index contributed by atoms with van der Waals surface area (Å²) in [5, 5.41) is 10.6. The third kappa shape index (κ3) is 6.91. The van der Waals surface area contributed by atoms with Gasteiger partial charge in [0.25, 0.3) is 0 Å². The minimum atomic E-state index is -3.73. The first kappa shape index (κ1) is 18.4. The lowest BCUT2D eigenvalue weighted by molar-refractivity contribution is 0.236. The molecule has 0 spiro atoms. The molecule has 0 radical (unpaired) electrons. The van der Waals surface area contributed by atoms with Crippen LogP contribution in [0.15, 0.2) is 29.2 Å². The van der Waals surface area contributed by atoms with Gasteiger partial charge in [-0.05, 0) is 43.4 Å². The third-order valence-electron chi connectivity index (χ3n) is 3.23. The van der Waals surface area contributed by atoms with Crippen LogP contribution < -0.4 is 15.8 Å². The lowest BCUT2D eigenvalue weighted by Crippen LogP contribution is -2.40. The first-order valence-electron chi connectivity index (χ1n) is 7.34. The molecule has 0 aliphatic heterocycles. The minimum Gasteiger partial charge on any atom is -0.336 e. The van der Waals surface area contributed by atoms with Crippen LogP contribution >= 0.6 is 0 Å². The molecule has 0 saturated heterocycles. The van der Waals surface area contributed by atoms with Gasteiger partial charge in [-0.25, -0.2) is 18.4 Å². The van der Waals surface area contributed by atoms with Gasteiger partial charge in [0.05, 0.1) is 4.90 Å². The molecule has 0 heterocycles. The highest BCUT2D eigenvalue weighted by molar-refractivity contribution is 7.89. The Balaban J connectivity index is 2.47. The SMILES string of the molecule is CC(C)CCC(C)NC(=O)NCc1cccc(S(N)(=O)=O)c1. The Morgan fingerprint density at radius 2 is 1.91 bits per heavy atom. The first-order valence-corrected chi connectivity index (χ1v) is 8.89. The van der Waals surface area contributed by atoms with Crippen molar-refractivity contribution in [1.29, 1.82) is 0 Å². The summed E-state index contributed by atoms with van der Waals surface area (Å²) in [6, 6.07) is 6.04. The van der Waals surface area contributed by atoms with Crippen LogP contribution in [0.3, 0.4) is 0 Å². The second kappa shape index (κ2) is 8.14. The van der Waals surface area contributed by atoms with Crippen molar-refractivity contribution in [2.45, 2.75) is 51.1 Å². The molecule has 6 nitrogen and oxygen atoms in total. The van der Waals surface area contributed by atoms with Crippen molar-refractivity contribution in [3.05, 3.63) is 29.8 Å². The molecule has 0 saturated carbocycles. The van der Waals surface area contributed by atoms with Gasteiger partial charge >= 0.3 is 6.03 Å². The normalized spacial score (nSPS) is 13.0. The predicted molar refractivity (Wildman–Crippen MR) is 86.7 cm³/mol. The van der Waals surface area contributed by atoms with Gasteiger partial charge < -0.3 is 10.6 Å². The molecule has 0 fully saturated rings. The summed E-state index contributed by atoms with van der Waals surface area (Å²) in [6.07, 6.45) is 1.98. The Bertz CT molecular complexity index is 600. The van der Waals surface area contributed by atoms with Gasteiger partial charge in [0.2, 0.25) is 10.0 Å². The number of sulfonamides is 1. The number of nitrogens with two attached hydrogens (primary N) is 1. The number of primary sulfonamides is 1. The molecule has 1 aromatic rings. The molecule has 0 bridgehead atoms. The number of hydrogen-bond acceptors (Lipinski definition) is 3. The van der Waals surface area contributed by atoms with Crippen molar-refractivity contribution >= 4 is 16.1 Å². The zero-order valence-corrected chi connectivity index (χ0v) is 14.1. The summed E-state index contributed by atoms with van der Waals surface area (Å²) in [5.74, 6) is 0.605. The largest absolute Gasteiger partial charge is 0.336 e. The van der Waals surface area contributed by atoms with Gasteiger partial charge in [0.15, 0.2) is 0 Å². The molecule has 7 heteroatoms. The van der Waals surface area contributed by atoms with Crippen LogP contribution in [0.25, 0.3) is 0 Å². The van der Waals surface area contributed by atoms with E-state index in [1.165, 1.54) is 12.1 Å². The molecule has 124 valence electrons. The second-order valence-corrected chi connectivity index (χ2v) is 7.45. The first-order chi connectivity index (χ1) is 10.2. The van der Waals surface area contributed by atoms with Gasteiger partial charge in [0, 0.05) is 12.6 Å². The standard InChI is InChI=1S/C15H25N3O3S/c1-11(2)7-8-12(3)18-15(19)17-10-13-5-4-6-14(9-13)22(16,20)21/h4-6,9,11-12H,7-8,10H2,1-3H3,(H2,16,20,21)(H2,17,18,19). The van der Waals surface area contributed by atoms with Crippen molar-refractivity contribution in [3.8, 4) is 0 Å². The van der Waals surface area contributed by atoms with E-state index in [-0.39, 0.29) is 23.5 Å². The maximum Gasteiger partial charge on any atom is 0.315 e. The number of carbonyl (C=O) groups excluding carboxylic acids is 1. The molecule has 1 unspecified atom stereocenters. The highest BCUT2D eigenvalue weighted by Crippen LogP contribution is 2.09. The number of nitrogens with one attached hydrogen (secondary N) is 2. The van der Waals surface area contributed by atoms with E-state index in [4.69, 9.17) is 5.14 Å². The molecule has 0 aromatic heterocycles. The highest BCUT2D eigenvalue weighted by Gasteiger charge is 2.10. The van der Waals surface area contributed by atoms with Gasteiger partial charge in [0.1, 0.15) is 0 Å². The molecule has 22 heavy (non-hydrogen) atoms. The maximum atomic E-state index is 11.8. The molecular formula is C15H25N3O3S. The molecule has 0 aliphatic rings. The summed E-state index contributed by atoms with van der Waals surface area (Å²) in [7, 11) is -3.73. The van der Waals surface area contributed by atoms with E-state index in [1.54, 1.807) is 12.1 Å². The van der Waals surface area contributed by atoms with E-state index in [0.717, 1.165) is 12.8 Å². The molecule has 1 rings (SSSR count). The summed E-state index contributed by atoms with van der Waals surface area (Å²) in [4.78, 5) is 11.8. The molecular weight excluding hydrogens is 302 g/mol. The van der Waals surface area contributed by atoms with Gasteiger partial charge in [-0.15, -0.1) is 0 Å². The van der Waals surface area contributed by atoms with Crippen molar-refractivity contribution in [2.24, 2.45) is 11.1 Å². The average molecular weight is 327 g/mol. The number of carbonyl (C=O) groups is 1. The van der Waals surface area contributed by atoms with Crippen LogP contribution in [0, 0.1) is 5.92 Å². The van der Waals surface area contributed by atoms with Crippen LogP contribution in [0.5, 0.6) is 0 Å². The lowest BCUT2D eigenvalue weighted by Gasteiger charge is -2.15. The monoisotopic (exact) mass is 327 g/mol. The summed E-state index contributed by atoms with van der Waals surface area (Å²) < 4.78 is 22.5. The number of hydrogen-bond donors (Lipinski definition) is 3. The van der Waals surface area contributed by atoms with Gasteiger partial charge in [-0.2, -0.15) is 0 Å². The van der Waals surface area contributed by atoms with E-state index < -0.39 is 10.0 Å². The van der Waals surface area contributed by atoms with Crippen LogP contribution in [0.2, 0.25) is 0 Å². The molecule has 0 aliphatic carbocycles. The Morgan fingerprint density at radius 1 is 1.23 bits per heavy atom. The number of rotatable bonds is 7. The molecule has 4 N–H and O–H groups in total. The Morgan fingerprint density at radius 3 is 2.50 bits per heavy atom. The van der Waals surface area contributed by atoms with Crippen molar-refractivity contribution in [3.63, 3.8) is 0 Å². The average Bonchev–Trinajstić information content (AvgIpc) is 2.42. The van der Waals surface area contributed by atoms with Crippen LogP contribution in [-0.2, 0) is 16.6 Å². The zero-order chi connectivity index (χ0) is 16.8. The highest BCUT2D eigenvalue weighted by atomic mass is 32.2. The third-order valence-corrected chi connectivity index (χ3v) is 4.15. The minimum absolute atomic E-state index is 0.0394. The smallest absolute Gasteiger partial charge is 0.315 e. The number of amides is 2. The molecule has 1 aromatic carbocycles. The lowest BCUT2D eigenvalue weighted by atomic mass is 10.0. The quantitative estimate of drug-likeness (QED) is 0.713.